The van der Waals surface area contributed by atoms with Crippen LogP contribution in [0, 0.1) is 5.92 Å². The van der Waals surface area contributed by atoms with Crippen molar-refractivity contribution in [2.45, 2.75) is 233 Å². The first-order valence-electron chi connectivity index (χ1n) is 19.6. The van der Waals surface area contributed by atoms with E-state index in [-0.39, 0.29) is 5.91 Å². The smallest absolute Gasteiger partial charge is 0.244 e. The quantitative estimate of drug-likeness (QED) is 0.0580. The Morgan fingerprint density at radius 1 is 0.452 bits per heavy atom. The Bertz CT molecular complexity index is 568. The van der Waals surface area contributed by atoms with Crippen molar-refractivity contribution in [2.24, 2.45) is 11.7 Å². The van der Waals surface area contributed by atoms with Gasteiger partial charge in [-0.05, 0) is 19.3 Å². The zero-order chi connectivity index (χ0) is 30.8. The first-order chi connectivity index (χ1) is 20.6. The summed E-state index contributed by atoms with van der Waals surface area (Å²) >= 11 is 0. The lowest BCUT2D eigenvalue weighted by atomic mass is 9.90. The third-order valence-electron chi connectivity index (χ3n) is 9.58. The van der Waals surface area contributed by atoms with E-state index in [4.69, 9.17) is 5.73 Å². The van der Waals surface area contributed by atoms with Gasteiger partial charge in [0.2, 0.25) is 5.91 Å². The second-order valence-electron chi connectivity index (χ2n) is 13.8. The maximum Gasteiger partial charge on any atom is 0.244 e. The number of carbonyl (C=O) groups excluding carboxylic acids is 1. The summed E-state index contributed by atoms with van der Waals surface area (Å²) in [6.45, 7) is 6.47. The van der Waals surface area contributed by atoms with Gasteiger partial charge in [-0.1, -0.05) is 225 Å². The molecule has 0 aromatic rings. The molecular weight excluding hydrogens is 510 g/mol. The van der Waals surface area contributed by atoms with E-state index in [1.54, 1.807) is 0 Å². The van der Waals surface area contributed by atoms with Gasteiger partial charge in [-0.3, -0.25) is 4.79 Å². The molecule has 0 aliphatic heterocycles. The van der Waals surface area contributed by atoms with Crippen molar-refractivity contribution in [3.05, 3.63) is 11.6 Å². The lowest BCUT2D eigenvalue weighted by Crippen LogP contribution is -2.12. The minimum Gasteiger partial charge on any atom is -0.366 e. The fraction of sp³-hybridized carbons (Fsp3) is 0.925. The van der Waals surface area contributed by atoms with Gasteiger partial charge >= 0.3 is 0 Å². The fourth-order valence-electron chi connectivity index (χ4n) is 6.43. The Morgan fingerprint density at radius 3 is 0.929 bits per heavy atom. The summed E-state index contributed by atoms with van der Waals surface area (Å²) < 4.78 is 0. The van der Waals surface area contributed by atoms with E-state index in [2.05, 4.69) is 19.9 Å². The molecule has 0 bridgehead atoms. The number of rotatable bonds is 35. The van der Waals surface area contributed by atoms with Gasteiger partial charge in [-0.2, -0.15) is 0 Å². The zero-order valence-electron chi connectivity index (χ0n) is 29.5. The van der Waals surface area contributed by atoms with Crippen LogP contribution >= 0.6 is 0 Å². The molecule has 2 nitrogen and oxygen atoms in total. The monoisotopic (exact) mass is 590 g/mol. The Labute approximate surface area is 266 Å². The molecule has 42 heavy (non-hydrogen) atoms. The summed E-state index contributed by atoms with van der Waals surface area (Å²) in [6.07, 6.45) is 48.5. The maximum atomic E-state index is 11.5. The minimum absolute atomic E-state index is 0.257. The average Bonchev–Trinajstić information content (AvgIpc) is 2.99. The summed E-state index contributed by atoms with van der Waals surface area (Å²) in [5, 5.41) is 0. The summed E-state index contributed by atoms with van der Waals surface area (Å²) in [7, 11) is 0. The molecule has 0 saturated carbocycles. The van der Waals surface area contributed by atoms with Gasteiger partial charge in [-0.25, -0.2) is 0 Å². The van der Waals surface area contributed by atoms with Crippen molar-refractivity contribution in [1.29, 1.82) is 0 Å². The van der Waals surface area contributed by atoms with Gasteiger partial charge < -0.3 is 5.73 Å². The zero-order valence-corrected chi connectivity index (χ0v) is 29.5. The molecule has 0 radical (unpaired) electrons. The van der Waals surface area contributed by atoms with E-state index < -0.39 is 0 Å². The predicted octanol–water partition coefficient (Wildman–Crippen LogP) is 13.9. The molecule has 2 heteroatoms. The molecule has 0 fully saturated rings. The van der Waals surface area contributed by atoms with Crippen LogP contribution in [0.4, 0.5) is 0 Å². The van der Waals surface area contributed by atoms with Crippen LogP contribution in [0.15, 0.2) is 11.6 Å². The molecule has 0 saturated heterocycles. The number of nitrogens with two attached hydrogens (primary N) is 1. The standard InChI is InChI=1S/C40H79NO/c1-4-6-8-10-12-14-16-18-20-21-23-25-27-29-31-33-35-39(37-36-38(3)40(41)42)34-32-30-28-26-24-22-19-17-15-13-11-9-7-5-2/h36,39H,4-35,37H2,1-3H3,(H2,41,42)/b38-36+. The highest BCUT2D eigenvalue weighted by Gasteiger charge is 2.09. The first-order valence-corrected chi connectivity index (χ1v) is 19.6. The average molecular weight is 590 g/mol. The molecule has 1 atom stereocenters. The molecule has 250 valence electrons. The molecular formula is C40H79NO. The van der Waals surface area contributed by atoms with E-state index in [1.807, 2.05) is 6.92 Å². The topological polar surface area (TPSA) is 43.1 Å². The van der Waals surface area contributed by atoms with Gasteiger partial charge in [0.05, 0.1) is 0 Å². The Balaban J connectivity index is 3.77. The van der Waals surface area contributed by atoms with Crippen LogP contribution in [-0.4, -0.2) is 5.91 Å². The van der Waals surface area contributed by atoms with Gasteiger partial charge in [0, 0.05) is 5.57 Å². The first kappa shape index (κ1) is 41.2. The fourth-order valence-corrected chi connectivity index (χ4v) is 6.43. The molecule has 0 aromatic carbocycles. The summed E-state index contributed by atoms with van der Waals surface area (Å²) in [6, 6.07) is 0. The SMILES string of the molecule is CCCCCCCCCCCCCCCCCCC(C/C=C(\C)C(N)=O)CCCCCCCCCCCCCCCC. The van der Waals surface area contributed by atoms with E-state index in [0.29, 0.717) is 0 Å². The van der Waals surface area contributed by atoms with Crippen molar-refractivity contribution >= 4 is 5.91 Å². The molecule has 0 spiro atoms. The highest BCUT2D eigenvalue weighted by molar-refractivity contribution is 5.91. The molecule has 1 unspecified atom stereocenters. The molecule has 0 heterocycles. The molecule has 1 amide bonds. The van der Waals surface area contributed by atoms with Crippen LogP contribution in [-0.2, 0) is 4.79 Å². The largest absolute Gasteiger partial charge is 0.366 e. The summed E-state index contributed by atoms with van der Waals surface area (Å²) in [5.41, 5.74) is 6.23. The number of hydrogen-bond donors (Lipinski definition) is 1. The molecule has 0 aliphatic carbocycles. The Hall–Kier alpha value is -0.790. The van der Waals surface area contributed by atoms with Crippen molar-refractivity contribution in [1.82, 2.24) is 0 Å². The number of primary amides is 1. The third kappa shape index (κ3) is 32.1. The third-order valence-corrected chi connectivity index (χ3v) is 9.58. The van der Waals surface area contributed by atoms with E-state index >= 15 is 0 Å². The summed E-state index contributed by atoms with van der Waals surface area (Å²) in [5.74, 6) is 0.468. The van der Waals surface area contributed by atoms with Crippen molar-refractivity contribution in [2.75, 3.05) is 0 Å². The minimum atomic E-state index is -0.257. The number of allylic oxidation sites excluding steroid dienone is 1. The van der Waals surface area contributed by atoms with Crippen molar-refractivity contribution in [3.63, 3.8) is 0 Å². The molecule has 0 aromatic heterocycles. The van der Waals surface area contributed by atoms with Crippen LogP contribution in [0.1, 0.15) is 233 Å². The second kappa shape index (κ2) is 34.7. The van der Waals surface area contributed by atoms with Crippen LogP contribution in [0.2, 0.25) is 0 Å². The summed E-state index contributed by atoms with van der Waals surface area (Å²) in [4.78, 5) is 11.5. The predicted molar refractivity (Wildman–Crippen MR) is 190 cm³/mol. The van der Waals surface area contributed by atoms with Gasteiger partial charge in [-0.15, -0.1) is 0 Å². The van der Waals surface area contributed by atoms with E-state index in [0.717, 1.165) is 17.9 Å². The Morgan fingerprint density at radius 2 is 0.690 bits per heavy atom. The number of unbranched alkanes of at least 4 members (excludes halogenated alkanes) is 28. The molecule has 2 N–H and O–H groups in total. The van der Waals surface area contributed by atoms with E-state index in [9.17, 15) is 4.79 Å². The van der Waals surface area contributed by atoms with Crippen LogP contribution in [0.3, 0.4) is 0 Å². The highest BCUT2D eigenvalue weighted by atomic mass is 16.1. The van der Waals surface area contributed by atoms with Gasteiger partial charge in [0.1, 0.15) is 0 Å². The van der Waals surface area contributed by atoms with Crippen LogP contribution in [0.5, 0.6) is 0 Å². The van der Waals surface area contributed by atoms with Crippen LogP contribution in [0.25, 0.3) is 0 Å². The second-order valence-corrected chi connectivity index (χ2v) is 13.8. The Kier molecular flexibility index (Phi) is 34.0. The van der Waals surface area contributed by atoms with Crippen molar-refractivity contribution < 1.29 is 4.79 Å². The van der Waals surface area contributed by atoms with Gasteiger partial charge in [0.25, 0.3) is 0 Å². The number of amides is 1. The lowest BCUT2D eigenvalue weighted by molar-refractivity contribution is -0.114. The normalized spacial score (nSPS) is 12.7. The maximum absolute atomic E-state index is 11.5. The number of hydrogen-bond acceptors (Lipinski definition) is 1. The van der Waals surface area contributed by atoms with Gasteiger partial charge in [0.15, 0.2) is 0 Å². The van der Waals surface area contributed by atoms with E-state index in [1.165, 1.54) is 205 Å². The lowest BCUT2D eigenvalue weighted by Gasteiger charge is -2.15. The van der Waals surface area contributed by atoms with Crippen molar-refractivity contribution in [3.8, 4) is 0 Å². The molecule has 0 rings (SSSR count). The highest BCUT2D eigenvalue weighted by Crippen LogP contribution is 2.24. The van der Waals surface area contributed by atoms with Crippen LogP contribution < -0.4 is 5.73 Å². The molecule has 0 aliphatic rings. The number of carbonyl (C=O) groups is 1.